The number of nitro benzene ring substituents is 1. The van der Waals surface area contributed by atoms with Crippen molar-refractivity contribution in [3.8, 4) is 22.8 Å². The van der Waals surface area contributed by atoms with Gasteiger partial charge in [-0.25, -0.2) is 4.39 Å². The summed E-state index contributed by atoms with van der Waals surface area (Å²) in [7, 11) is 0.926. The van der Waals surface area contributed by atoms with E-state index in [0.717, 1.165) is 13.1 Å². The van der Waals surface area contributed by atoms with E-state index in [4.69, 9.17) is 27.9 Å². The summed E-state index contributed by atoms with van der Waals surface area (Å²) in [6.07, 6.45) is -9.80. The number of aryl methyl sites for hydroxylation is 1. The smallest absolute Gasteiger partial charge is 0.434 e. The first-order valence-corrected chi connectivity index (χ1v) is 9.19. The quantitative estimate of drug-likeness (QED) is 0.207. The molecule has 0 aliphatic rings. The third kappa shape index (κ3) is 4.83. The summed E-state index contributed by atoms with van der Waals surface area (Å²) in [6.45, 7) is 0. The van der Waals surface area contributed by atoms with Crippen molar-refractivity contribution in [2.45, 2.75) is 12.4 Å². The van der Waals surface area contributed by atoms with Crippen LogP contribution in [0.15, 0.2) is 30.3 Å². The molecule has 2 aromatic carbocycles. The number of alkyl halides is 6. The Kier molecular flexibility index (Phi) is 6.24. The predicted octanol–water partition coefficient (Wildman–Crippen LogP) is 7.27. The first-order valence-electron chi connectivity index (χ1n) is 8.44. The van der Waals surface area contributed by atoms with Gasteiger partial charge in [0.25, 0.3) is 0 Å². The van der Waals surface area contributed by atoms with E-state index in [1.807, 2.05) is 0 Å². The first-order chi connectivity index (χ1) is 15.1. The molecule has 0 unspecified atom stereocenters. The van der Waals surface area contributed by atoms with Gasteiger partial charge >= 0.3 is 18.0 Å². The molecule has 0 spiro atoms. The number of ether oxygens (including phenoxy) is 1. The van der Waals surface area contributed by atoms with E-state index >= 15 is 0 Å². The largest absolute Gasteiger partial charge is 0.449 e. The monoisotopic (exact) mass is 517 g/mol. The fourth-order valence-electron chi connectivity index (χ4n) is 2.81. The molecule has 0 amide bonds. The Hall–Kier alpha value is -3.06. The molecule has 0 aliphatic carbocycles. The second-order valence-electron chi connectivity index (χ2n) is 6.43. The molecule has 3 aromatic rings. The maximum absolute atomic E-state index is 14.5. The zero-order valence-corrected chi connectivity index (χ0v) is 17.4. The standard InChI is InChI=1S/C18H8Cl2F7N3O3/c1-29-16(18(25,26)27)14(20)15(28-29)8-5-13(9(19)6-10(8)21)33-12-3-2-7(17(22,23)24)4-11(12)30(31)32/h2-6H,1H3. The summed E-state index contributed by atoms with van der Waals surface area (Å²) in [5.41, 5.74) is -5.00. The van der Waals surface area contributed by atoms with Gasteiger partial charge in [-0.15, -0.1) is 0 Å². The Morgan fingerprint density at radius 2 is 1.67 bits per heavy atom. The van der Waals surface area contributed by atoms with E-state index in [1.54, 1.807) is 0 Å². The molecule has 0 fully saturated rings. The van der Waals surface area contributed by atoms with Crippen molar-refractivity contribution in [3.05, 3.63) is 67.6 Å². The molecular formula is C18H8Cl2F7N3O3. The number of halogens is 9. The maximum Gasteiger partial charge on any atom is 0.434 e. The van der Waals surface area contributed by atoms with E-state index in [1.165, 1.54) is 0 Å². The number of aromatic nitrogens is 2. The summed E-state index contributed by atoms with van der Waals surface area (Å²) in [4.78, 5) is 10.1. The van der Waals surface area contributed by atoms with Gasteiger partial charge in [0.05, 0.1) is 20.5 Å². The van der Waals surface area contributed by atoms with Crippen LogP contribution in [0.25, 0.3) is 11.3 Å². The summed E-state index contributed by atoms with van der Waals surface area (Å²) in [6, 6.07) is 2.77. The van der Waals surface area contributed by atoms with Crippen LogP contribution in [0.3, 0.4) is 0 Å². The summed E-state index contributed by atoms with van der Waals surface area (Å²) >= 11 is 11.6. The predicted molar refractivity (Wildman–Crippen MR) is 102 cm³/mol. The van der Waals surface area contributed by atoms with Crippen LogP contribution in [-0.4, -0.2) is 14.7 Å². The molecule has 0 radical (unpaired) electrons. The normalized spacial score (nSPS) is 12.2. The fourth-order valence-corrected chi connectivity index (χ4v) is 3.37. The molecule has 33 heavy (non-hydrogen) atoms. The molecule has 15 heteroatoms. The van der Waals surface area contributed by atoms with Gasteiger partial charge < -0.3 is 4.74 Å². The van der Waals surface area contributed by atoms with Crippen molar-refractivity contribution >= 4 is 28.9 Å². The van der Waals surface area contributed by atoms with Gasteiger partial charge in [-0.2, -0.15) is 31.4 Å². The molecule has 176 valence electrons. The molecule has 1 aromatic heterocycles. The Morgan fingerprint density at radius 1 is 1.03 bits per heavy atom. The second-order valence-corrected chi connectivity index (χ2v) is 7.22. The zero-order valence-electron chi connectivity index (χ0n) is 15.9. The minimum atomic E-state index is -4.92. The Balaban J connectivity index is 2.12. The molecule has 0 N–H and O–H groups in total. The molecule has 6 nitrogen and oxygen atoms in total. The molecule has 0 aliphatic heterocycles. The van der Waals surface area contributed by atoms with Crippen molar-refractivity contribution in [2.75, 3.05) is 0 Å². The van der Waals surface area contributed by atoms with Crippen LogP contribution in [0.4, 0.5) is 36.4 Å². The van der Waals surface area contributed by atoms with Crippen LogP contribution >= 0.6 is 23.2 Å². The van der Waals surface area contributed by atoms with E-state index in [-0.39, 0.29) is 6.07 Å². The highest BCUT2D eigenvalue weighted by molar-refractivity contribution is 6.34. The van der Waals surface area contributed by atoms with Crippen molar-refractivity contribution in [1.29, 1.82) is 0 Å². The Labute approximate surface area is 189 Å². The molecule has 3 rings (SSSR count). The minimum absolute atomic E-state index is 0.221. The minimum Gasteiger partial charge on any atom is -0.449 e. The van der Waals surface area contributed by atoms with E-state index < -0.39 is 72.8 Å². The Bertz CT molecular complexity index is 1260. The summed E-state index contributed by atoms with van der Waals surface area (Å²) < 4.78 is 98.2. The number of hydrogen-bond acceptors (Lipinski definition) is 4. The van der Waals surface area contributed by atoms with Crippen LogP contribution in [0.1, 0.15) is 11.3 Å². The van der Waals surface area contributed by atoms with Gasteiger partial charge in [-0.1, -0.05) is 23.2 Å². The molecular weight excluding hydrogens is 510 g/mol. The summed E-state index contributed by atoms with van der Waals surface area (Å²) in [5.74, 6) is -2.34. The number of rotatable bonds is 4. The van der Waals surface area contributed by atoms with Gasteiger partial charge in [0.15, 0.2) is 5.69 Å². The first kappa shape index (κ1) is 24.6. The lowest BCUT2D eigenvalue weighted by Gasteiger charge is -2.12. The highest BCUT2D eigenvalue weighted by Crippen LogP contribution is 2.44. The van der Waals surface area contributed by atoms with Gasteiger partial charge in [0.1, 0.15) is 17.3 Å². The molecule has 0 saturated carbocycles. The van der Waals surface area contributed by atoms with E-state index in [9.17, 15) is 40.8 Å². The fraction of sp³-hybridized carbons (Fsp3) is 0.167. The molecule has 0 bridgehead atoms. The van der Waals surface area contributed by atoms with Gasteiger partial charge in [-0.05, 0) is 24.3 Å². The van der Waals surface area contributed by atoms with Crippen molar-refractivity contribution in [1.82, 2.24) is 9.78 Å². The van der Waals surface area contributed by atoms with Crippen molar-refractivity contribution in [2.24, 2.45) is 7.05 Å². The van der Waals surface area contributed by atoms with Crippen LogP contribution in [0, 0.1) is 15.9 Å². The average molecular weight is 518 g/mol. The lowest BCUT2D eigenvalue weighted by atomic mass is 10.1. The number of nitrogens with zero attached hydrogens (tertiary/aromatic N) is 3. The highest BCUT2D eigenvalue weighted by Gasteiger charge is 2.39. The van der Waals surface area contributed by atoms with Crippen LogP contribution < -0.4 is 4.74 Å². The van der Waals surface area contributed by atoms with Crippen LogP contribution in [0.2, 0.25) is 10.0 Å². The van der Waals surface area contributed by atoms with Gasteiger partial charge in [0.2, 0.25) is 5.75 Å². The van der Waals surface area contributed by atoms with Crippen molar-refractivity contribution < 1.29 is 40.4 Å². The van der Waals surface area contributed by atoms with Gasteiger partial charge in [-0.3, -0.25) is 14.8 Å². The second kappa shape index (κ2) is 8.37. The lowest BCUT2D eigenvalue weighted by Crippen LogP contribution is -2.12. The average Bonchev–Trinajstić information content (AvgIpc) is 2.97. The third-order valence-electron chi connectivity index (χ3n) is 4.24. The lowest BCUT2D eigenvalue weighted by molar-refractivity contribution is -0.385. The molecule has 0 saturated heterocycles. The Morgan fingerprint density at radius 3 is 2.18 bits per heavy atom. The van der Waals surface area contributed by atoms with Gasteiger partial charge in [0, 0.05) is 18.7 Å². The maximum atomic E-state index is 14.5. The third-order valence-corrected chi connectivity index (χ3v) is 4.89. The number of hydrogen-bond donors (Lipinski definition) is 0. The number of benzene rings is 2. The SMILES string of the molecule is Cn1nc(-c2cc(Oc3ccc(C(F)(F)F)cc3[N+](=O)[O-])c(Cl)cc2F)c(Cl)c1C(F)(F)F. The zero-order chi connectivity index (χ0) is 24.9. The van der Waals surface area contributed by atoms with Crippen LogP contribution in [-0.2, 0) is 19.4 Å². The van der Waals surface area contributed by atoms with E-state index in [0.29, 0.717) is 22.9 Å². The highest BCUT2D eigenvalue weighted by atomic mass is 35.5. The van der Waals surface area contributed by atoms with Crippen molar-refractivity contribution in [3.63, 3.8) is 0 Å². The number of nitro groups is 1. The molecule has 0 atom stereocenters. The topological polar surface area (TPSA) is 70.2 Å². The van der Waals surface area contributed by atoms with Crippen LogP contribution in [0.5, 0.6) is 11.5 Å². The van der Waals surface area contributed by atoms with E-state index in [2.05, 4.69) is 5.10 Å². The summed E-state index contributed by atoms with van der Waals surface area (Å²) in [5, 5.41) is 13.4. The molecule has 1 heterocycles.